The number of amides is 1. The topological polar surface area (TPSA) is 88.5 Å². The number of benzene rings is 1. The Labute approximate surface area is 125 Å². The van der Waals surface area contributed by atoms with Crippen molar-refractivity contribution in [3.63, 3.8) is 0 Å². The zero-order valence-electron chi connectivity index (χ0n) is 11.3. The molecule has 6 nitrogen and oxygen atoms in total. The number of carbonyl (C=O) groups is 2. The number of hydrogen-bond donors (Lipinski definition) is 2. The van der Waals surface area contributed by atoms with Gasteiger partial charge in [-0.2, -0.15) is 0 Å². The molecule has 1 amide bonds. The van der Waals surface area contributed by atoms with Crippen molar-refractivity contribution < 1.29 is 19.4 Å². The number of carbonyl (C=O) groups excluding carboxylic acids is 1. The van der Waals surface area contributed by atoms with Gasteiger partial charge >= 0.3 is 5.97 Å². The lowest BCUT2D eigenvalue weighted by Crippen LogP contribution is -2.15. The van der Waals surface area contributed by atoms with Crippen molar-refractivity contribution in [3.8, 4) is 5.75 Å². The van der Waals surface area contributed by atoms with Gasteiger partial charge in [-0.3, -0.25) is 9.59 Å². The summed E-state index contributed by atoms with van der Waals surface area (Å²) in [6.07, 6.45) is 0.0107. The monoisotopic (exact) mass is 306 g/mol. The first-order valence-electron chi connectivity index (χ1n) is 6.16. The van der Waals surface area contributed by atoms with Crippen LogP contribution in [0.5, 0.6) is 5.75 Å². The lowest BCUT2D eigenvalue weighted by atomic mass is 10.1. The molecule has 0 aliphatic heterocycles. The van der Waals surface area contributed by atoms with Gasteiger partial charge in [-0.05, 0) is 6.07 Å². The van der Waals surface area contributed by atoms with Gasteiger partial charge < -0.3 is 15.2 Å². The van der Waals surface area contributed by atoms with E-state index in [2.05, 4.69) is 10.3 Å². The van der Waals surface area contributed by atoms with Crippen LogP contribution in [0.1, 0.15) is 11.3 Å². The Balaban J connectivity index is 1.98. The number of anilines is 1. The second-order valence-electron chi connectivity index (χ2n) is 4.25. The zero-order valence-corrected chi connectivity index (χ0v) is 12.1. The highest BCUT2D eigenvalue weighted by Gasteiger charge is 2.11. The molecule has 1 aromatic heterocycles. The Kier molecular flexibility index (Phi) is 4.89. The standard InChI is InChI=1S/C14H14N2O4S/c1-20-11-5-3-2-4-9(11)6-12(17)16-14-15-10(8-21-14)7-13(18)19/h2-5,8H,6-7H2,1H3,(H,18,19)(H,15,16,17). The van der Waals surface area contributed by atoms with Crippen molar-refractivity contribution in [1.29, 1.82) is 0 Å². The van der Waals surface area contributed by atoms with E-state index in [0.29, 0.717) is 16.6 Å². The van der Waals surface area contributed by atoms with E-state index in [0.717, 1.165) is 5.56 Å². The van der Waals surface area contributed by atoms with Crippen LogP contribution in [0.25, 0.3) is 0 Å². The van der Waals surface area contributed by atoms with Gasteiger partial charge in [-0.15, -0.1) is 11.3 Å². The Morgan fingerprint density at radius 1 is 1.33 bits per heavy atom. The first kappa shape index (κ1) is 15.0. The molecule has 0 bridgehead atoms. The van der Waals surface area contributed by atoms with Crippen molar-refractivity contribution >= 4 is 28.3 Å². The normalized spacial score (nSPS) is 10.1. The molecule has 110 valence electrons. The van der Waals surface area contributed by atoms with Crippen molar-refractivity contribution in [2.24, 2.45) is 0 Å². The predicted molar refractivity (Wildman–Crippen MR) is 78.8 cm³/mol. The SMILES string of the molecule is COc1ccccc1CC(=O)Nc1nc(CC(=O)O)cs1. The Morgan fingerprint density at radius 2 is 2.10 bits per heavy atom. The summed E-state index contributed by atoms with van der Waals surface area (Å²) in [4.78, 5) is 26.6. The summed E-state index contributed by atoms with van der Waals surface area (Å²) in [7, 11) is 1.55. The fraction of sp³-hybridized carbons (Fsp3) is 0.214. The molecular formula is C14H14N2O4S. The van der Waals surface area contributed by atoms with E-state index in [1.165, 1.54) is 11.3 Å². The van der Waals surface area contributed by atoms with Crippen LogP contribution in [0.15, 0.2) is 29.6 Å². The number of carboxylic acids is 1. The molecule has 21 heavy (non-hydrogen) atoms. The summed E-state index contributed by atoms with van der Waals surface area (Å²) in [5.41, 5.74) is 1.21. The van der Waals surface area contributed by atoms with Crippen LogP contribution in [0.4, 0.5) is 5.13 Å². The molecule has 2 N–H and O–H groups in total. The van der Waals surface area contributed by atoms with Crippen molar-refractivity contribution in [3.05, 3.63) is 40.9 Å². The molecule has 2 aromatic rings. The minimum Gasteiger partial charge on any atom is -0.496 e. The third-order valence-corrected chi connectivity index (χ3v) is 3.48. The van der Waals surface area contributed by atoms with E-state index in [4.69, 9.17) is 9.84 Å². The Bertz CT molecular complexity index is 654. The average Bonchev–Trinajstić information content (AvgIpc) is 2.85. The number of hydrogen-bond acceptors (Lipinski definition) is 5. The number of ether oxygens (including phenoxy) is 1. The van der Waals surface area contributed by atoms with E-state index >= 15 is 0 Å². The number of aromatic nitrogens is 1. The average molecular weight is 306 g/mol. The van der Waals surface area contributed by atoms with Crippen molar-refractivity contribution in [2.45, 2.75) is 12.8 Å². The molecule has 0 atom stereocenters. The molecule has 0 saturated carbocycles. The van der Waals surface area contributed by atoms with Gasteiger partial charge in [0, 0.05) is 10.9 Å². The molecule has 0 spiro atoms. The third-order valence-electron chi connectivity index (χ3n) is 2.67. The van der Waals surface area contributed by atoms with Gasteiger partial charge in [0.25, 0.3) is 0 Å². The number of rotatable bonds is 6. The second-order valence-corrected chi connectivity index (χ2v) is 5.11. The van der Waals surface area contributed by atoms with E-state index in [9.17, 15) is 9.59 Å². The number of nitrogens with zero attached hydrogens (tertiary/aromatic N) is 1. The first-order chi connectivity index (χ1) is 10.1. The van der Waals surface area contributed by atoms with Gasteiger partial charge in [0.2, 0.25) is 5.91 Å². The van der Waals surface area contributed by atoms with Crippen LogP contribution in [-0.4, -0.2) is 29.1 Å². The van der Waals surface area contributed by atoms with Crippen molar-refractivity contribution in [2.75, 3.05) is 12.4 Å². The fourth-order valence-corrected chi connectivity index (χ4v) is 2.51. The summed E-state index contributed by atoms with van der Waals surface area (Å²) in [5, 5.41) is 13.3. The predicted octanol–water partition coefficient (Wildman–Crippen LogP) is 1.96. The molecule has 0 radical (unpaired) electrons. The first-order valence-corrected chi connectivity index (χ1v) is 7.04. The van der Waals surface area contributed by atoms with Gasteiger partial charge in [0.15, 0.2) is 5.13 Å². The minimum absolute atomic E-state index is 0.154. The Morgan fingerprint density at radius 3 is 2.81 bits per heavy atom. The van der Waals surface area contributed by atoms with Crippen LogP contribution in [0.3, 0.4) is 0 Å². The maximum Gasteiger partial charge on any atom is 0.309 e. The molecule has 7 heteroatoms. The lowest BCUT2D eigenvalue weighted by Gasteiger charge is -2.07. The van der Waals surface area contributed by atoms with Gasteiger partial charge in [0.1, 0.15) is 5.75 Å². The van der Waals surface area contributed by atoms with Crippen LogP contribution in [0.2, 0.25) is 0 Å². The van der Waals surface area contributed by atoms with Crippen LogP contribution < -0.4 is 10.1 Å². The second kappa shape index (κ2) is 6.85. The minimum atomic E-state index is -0.952. The summed E-state index contributed by atoms with van der Waals surface area (Å²) in [5.74, 6) is -0.527. The molecule has 1 aromatic carbocycles. The summed E-state index contributed by atoms with van der Waals surface area (Å²) in [6, 6.07) is 7.27. The fourth-order valence-electron chi connectivity index (χ4n) is 1.79. The number of aliphatic carboxylic acids is 1. The zero-order chi connectivity index (χ0) is 15.2. The number of methoxy groups -OCH3 is 1. The molecule has 0 aliphatic rings. The van der Waals surface area contributed by atoms with E-state index < -0.39 is 5.97 Å². The summed E-state index contributed by atoms with van der Waals surface area (Å²) < 4.78 is 5.19. The maximum atomic E-state index is 12.0. The van der Waals surface area contributed by atoms with E-state index in [1.807, 2.05) is 18.2 Å². The molecular weight excluding hydrogens is 292 g/mol. The molecule has 0 fully saturated rings. The molecule has 1 heterocycles. The van der Waals surface area contributed by atoms with Gasteiger partial charge in [-0.1, -0.05) is 18.2 Å². The number of carboxylic acid groups (broad SMARTS) is 1. The highest BCUT2D eigenvalue weighted by Crippen LogP contribution is 2.20. The molecule has 0 saturated heterocycles. The van der Waals surface area contributed by atoms with E-state index in [-0.39, 0.29) is 18.7 Å². The van der Waals surface area contributed by atoms with Crippen molar-refractivity contribution in [1.82, 2.24) is 4.98 Å². The molecule has 0 aliphatic carbocycles. The van der Waals surface area contributed by atoms with Gasteiger partial charge in [-0.25, -0.2) is 4.98 Å². The maximum absolute atomic E-state index is 12.0. The number of para-hydroxylation sites is 1. The lowest BCUT2D eigenvalue weighted by molar-refractivity contribution is -0.136. The number of thiazole rings is 1. The van der Waals surface area contributed by atoms with E-state index in [1.54, 1.807) is 18.6 Å². The number of nitrogens with one attached hydrogen (secondary N) is 1. The Hall–Kier alpha value is -2.41. The van der Waals surface area contributed by atoms with Gasteiger partial charge in [0.05, 0.1) is 25.6 Å². The van der Waals surface area contributed by atoms with Crippen LogP contribution in [0, 0.1) is 0 Å². The molecule has 2 rings (SSSR count). The van der Waals surface area contributed by atoms with Crippen LogP contribution in [-0.2, 0) is 22.4 Å². The highest BCUT2D eigenvalue weighted by atomic mass is 32.1. The third kappa shape index (κ3) is 4.28. The smallest absolute Gasteiger partial charge is 0.309 e. The quantitative estimate of drug-likeness (QED) is 0.851. The molecule has 0 unspecified atom stereocenters. The highest BCUT2D eigenvalue weighted by molar-refractivity contribution is 7.13. The summed E-state index contributed by atoms with van der Waals surface area (Å²) >= 11 is 1.20. The largest absolute Gasteiger partial charge is 0.496 e. The summed E-state index contributed by atoms with van der Waals surface area (Å²) in [6.45, 7) is 0. The van der Waals surface area contributed by atoms with Crippen LogP contribution >= 0.6 is 11.3 Å².